The Morgan fingerprint density at radius 2 is 1.85 bits per heavy atom. The molecule has 2 heterocycles. The molecule has 0 aliphatic carbocycles. The second kappa shape index (κ2) is 10.2. The van der Waals surface area contributed by atoms with E-state index in [0.29, 0.717) is 29.6 Å². The fourth-order valence-corrected chi connectivity index (χ4v) is 4.62. The highest BCUT2D eigenvalue weighted by Crippen LogP contribution is 2.44. The molecule has 2 aromatic carbocycles. The Morgan fingerprint density at radius 3 is 2.56 bits per heavy atom. The first-order valence-electron chi connectivity index (χ1n) is 11.7. The predicted octanol–water partition coefficient (Wildman–Crippen LogP) is 4.36. The molecule has 1 aliphatic heterocycles. The smallest absolute Gasteiger partial charge is 0.321 e. The third kappa shape index (κ3) is 4.08. The van der Waals surface area contributed by atoms with Crippen LogP contribution in [-0.2, 0) is 14.3 Å². The van der Waals surface area contributed by atoms with E-state index in [1.807, 2.05) is 34.9 Å². The molecule has 0 spiro atoms. The lowest BCUT2D eigenvalue weighted by atomic mass is 9.88. The van der Waals surface area contributed by atoms with Crippen molar-refractivity contribution in [2.45, 2.75) is 39.2 Å². The van der Waals surface area contributed by atoms with Crippen molar-refractivity contribution in [3.05, 3.63) is 48.0 Å². The van der Waals surface area contributed by atoms with Crippen LogP contribution in [0.4, 0.5) is 5.95 Å². The molecule has 2 atom stereocenters. The van der Waals surface area contributed by atoms with Crippen LogP contribution in [0.25, 0.3) is 11.0 Å². The molecule has 0 N–H and O–H groups in total. The highest BCUT2D eigenvalue weighted by atomic mass is 16.5. The van der Waals surface area contributed by atoms with Crippen molar-refractivity contribution in [1.29, 1.82) is 0 Å². The van der Waals surface area contributed by atoms with E-state index in [2.05, 4.69) is 6.92 Å². The largest absolute Gasteiger partial charge is 0.497 e. The lowest BCUT2D eigenvalue weighted by molar-refractivity contribution is -0.153. The summed E-state index contributed by atoms with van der Waals surface area (Å²) in [5, 5.41) is 0. The van der Waals surface area contributed by atoms with Crippen molar-refractivity contribution in [2.24, 2.45) is 5.92 Å². The summed E-state index contributed by atoms with van der Waals surface area (Å²) >= 11 is 0. The fraction of sp³-hybridized carbons (Fsp3) is 0.423. The Hall–Kier alpha value is -3.55. The summed E-state index contributed by atoms with van der Waals surface area (Å²) in [6, 6.07) is 12.4. The lowest BCUT2D eigenvalue weighted by Crippen LogP contribution is -2.50. The van der Waals surface area contributed by atoms with E-state index in [-0.39, 0.29) is 12.5 Å². The zero-order chi connectivity index (χ0) is 24.2. The van der Waals surface area contributed by atoms with Crippen LogP contribution in [-0.4, -0.2) is 48.8 Å². The van der Waals surface area contributed by atoms with Gasteiger partial charge in [-0.2, -0.15) is 0 Å². The van der Waals surface area contributed by atoms with E-state index < -0.39 is 17.9 Å². The number of esters is 1. The zero-order valence-corrected chi connectivity index (χ0v) is 20.1. The number of nitrogens with zero attached hydrogens (tertiary/aromatic N) is 3. The van der Waals surface area contributed by atoms with Gasteiger partial charge < -0.3 is 18.8 Å². The summed E-state index contributed by atoms with van der Waals surface area (Å²) in [6.45, 7) is 4.52. The van der Waals surface area contributed by atoms with Crippen LogP contribution in [0.3, 0.4) is 0 Å². The first kappa shape index (κ1) is 23.6. The van der Waals surface area contributed by atoms with Crippen LogP contribution in [0.5, 0.6) is 11.5 Å². The van der Waals surface area contributed by atoms with Gasteiger partial charge in [-0.3, -0.25) is 14.5 Å². The van der Waals surface area contributed by atoms with Gasteiger partial charge in [-0.1, -0.05) is 31.9 Å². The molecule has 0 fully saturated rings. The van der Waals surface area contributed by atoms with Gasteiger partial charge in [-0.15, -0.1) is 0 Å². The molecule has 8 heteroatoms. The average molecular weight is 466 g/mol. The van der Waals surface area contributed by atoms with Crippen molar-refractivity contribution >= 4 is 28.9 Å². The maximum atomic E-state index is 13.9. The number of ether oxygens (including phenoxy) is 3. The number of benzene rings is 2. The SMILES string of the molecule is CCCCCN1C(=O)[C@@H](C(=O)OCC)[C@H](c2ccc(OC)cc2OC)n2c1nc1ccccc12. The molecular weight excluding hydrogens is 434 g/mol. The minimum Gasteiger partial charge on any atom is -0.497 e. The Kier molecular flexibility index (Phi) is 7.05. The lowest BCUT2D eigenvalue weighted by Gasteiger charge is -2.38. The van der Waals surface area contributed by atoms with Gasteiger partial charge in [0.25, 0.3) is 0 Å². The molecule has 3 aromatic rings. The molecule has 0 radical (unpaired) electrons. The predicted molar refractivity (Wildman–Crippen MR) is 129 cm³/mol. The molecule has 1 amide bonds. The van der Waals surface area contributed by atoms with E-state index >= 15 is 0 Å². The fourth-order valence-electron chi connectivity index (χ4n) is 4.62. The number of amides is 1. The molecule has 1 aliphatic rings. The highest BCUT2D eigenvalue weighted by Gasteiger charge is 2.48. The molecule has 8 nitrogen and oxygen atoms in total. The number of rotatable bonds is 9. The van der Waals surface area contributed by atoms with E-state index in [1.165, 1.54) is 0 Å². The van der Waals surface area contributed by atoms with Crippen molar-refractivity contribution in [2.75, 3.05) is 32.3 Å². The maximum Gasteiger partial charge on any atom is 0.321 e. The summed E-state index contributed by atoms with van der Waals surface area (Å²) in [5.41, 5.74) is 2.28. The summed E-state index contributed by atoms with van der Waals surface area (Å²) < 4.78 is 18.4. The zero-order valence-electron chi connectivity index (χ0n) is 20.1. The molecular formula is C26H31N3O5. The number of fused-ring (bicyclic) bond motifs is 3. The first-order chi connectivity index (χ1) is 16.5. The number of aromatic nitrogens is 2. The van der Waals surface area contributed by atoms with E-state index in [1.54, 1.807) is 38.2 Å². The summed E-state index contributed by atoms with van der Waals surface area (Å²) in [6.07, 6.45) is 2.81. The van der Waals surface area contributed by atoms with E-state index in [4.69, 9.17) is 19.2 Å². The van der Waals surface area contributed by atoms with E-state index in [9.17, 15) is 9.59 Å². The number of imidazole rings is 1. The third-order valence-electron chi connectivity index (χ3n) is 6.23. The molecule has 4 rings (SSSR count). The standard InChI is InChI=1S/C26H31N3O5/c1-5-7-10-15-28-24(30)22(25(31)34-6-2)23(18-14-13-17(32-3)16-21(18)33-4)29-20-12-9-8-11-19(20)27-26(28)29/h8-9,11-14,16,22-23H,5-7,10,15H2,1-4H3/t22-,23-/m0/s1. The minimum absolute atomic E-state index is 0.183. The van der Waals surface area contributed by atoms with Crippen LogP contribution >= 0.6 is 0 Å². The van der Waals surface area contributed by atoms with Gasteiger partial charge in [0.2, 0.25) is 11.9 Å². The maximum absolute atomic E-state index is 13.9. The van der Waals surface area contributed by atoms with Gasteiger partial charge in [0.05, 0.1) is 37.9 Å². The van der Waals surface area contributed by atoms with Gasteiger partial charge in [0.15, 0.2) is 5.92 Å². The highest BCUT2D eigenvalue weighted by molar-refractivity contribution is 6.08. The number of anilines is 1. The molecule has 0 saturated carbocycles. The average Bonchev–Trinajstić information content (AvgIpc) is 3.24. The Labute approximate surface area is 199 Å². The number of unbranched alkanes of at least 4 members (excludes halogenated alkanes) is 2. The summed E-state index contributed by atoms with van der Waals surface area (Å²) in [7, 11) is 3.14. The van der Waals surface area contributed by atoms with Gasteiger partial charge >= 0.3 is 5.97 Å². The van der Waals surface area contributed by atoms with Crippen LogP contribution < -0.4 is 14.4 Å². The summed E-state index contributed by atoms with van der Waals surface area (Å²) in [5.74, 6) is -0.263. The Bertz CT molecular complexity index is 1190. The summed E-state index contributed by atoms with van der Waals surface area (Å²) in [4.78, 5) is 33.6. The quantitative estimate of drug-likeness (QED) is 0.265. The number of methoxy groups -OCH3 is 2. The first-order valence-corrected chi connectivity index (χ1v) is 11.7. The van der Waals surface area contributed by atoms with Crippen molar-refractivity contribution < 1.29 is 23.8 Å². The number of para-hydroxylation sites is 2. The number of carbonyl (C=O) groups excluding carboxylic acids is 2. The van der Waals surface area contributed by atoms with Gasteiger partial charge in [-0.25, -0.2) is 4.98 Å². The second-order valence-electron chi connectivity index (χ2n) is 8.25. The Morgan fingerprint density at radius 1 is 1.06 bits per heavy atom. The van der Waals surface area contributed by atoms with Crippen molar-refractivity contribution in [1.82, 2.24) is 9.55 Å². The van der Waals surface area contributed by atoms with Crippen LogP contribution in [0.2, 0.25) is 0 Å². The van der Waals surface area contributed by atoms with Crippen LogP contribution in [0.15, 0.2) is 42.5 Å². The van der Waals surface area contributed by atoms with Gasteiger partial charge in [0.1, 0.15) is 11.5 Å². The number of hydrogen-bond acceptors (Lipinski definition) is 6. The van der Waals surface area contributed by atoms with E-state index in [0.717, 1.165) is 30.3 Å². The van der Waals surface area contributed by atoms with Crippen molar-refractivity contribution in [3.63, 3.8) is 0 Å². The molecule has 0 unspecified atom stereocenters. The minimum atomic E-state index is -1.08. The number of hydrogen-bond donors (Lipinski definition) is 0. The monoisotopic (exact) mass is 465 g/mol. The second-order valence-corrected chi connectivity index (χ2v) is 8.25. The normalized spacial score (nSPS) is 17.5. The van der Waals surface area contributed by atoms with Gasteiger partial charge in [0, 0.05) is 18.2 Å². The molecule has 34 heavy (non-hydrogen) atoms. The van der Waals surface area contributed by atoms with Crippen LogP contribution in [0, 0.1) is 5.92 Å². The Balaban J connectivity index is 1.98. The van der Waals surface area contributed by atoms with Gasteiger partial charge in [-0.05, 0) is 37.6 Å². The number of carbonyl (C=O) groups is 2. The molecule has 180 valence electrons. The van der Waals surface area contributed by atoms with Crippen LogP contribution in [0.1, 0.15) is 44.7 Å². The topological polar surface area (TPSA) is 82.9 Å². The third-order valence-corrected chi connectivity index (χ3v) is 6.23. The van der Waals surface area contributed by atoms with Crippen molar-refractivity contribution in [3.8, 4) is 11.5 Å². The molecule has 0 saturated heterocycles. The molecule has 1 aromatic heterocycles. The molecule has 0 bridgehead atoms.